The van der Waals surface area contributed by atoms with E-state index in [4.69, 9.17) is 21.3 Å². The summed E-state index contributed by atoms with van der Waals surface area (Å²) in [7, 11) is 2.03. The number of H-pyrrole nitrogens is 1. The number of ether oxygens (including phenoxy) is 1. The van der Waals surface area contributed by atoms with E-state index >= 15 is 0 Å². The zero-order valence-electron chi connectivity index (χ0n) is 16.7. The van der Waals surface area contributed by atoms with Crippen molar-refractivity contribution in [2.45, 2.75) is 0 Å². The number of amidine groups is 1. The van der Waals surface area contributed by atoms with E-state index in [9.17, 15) is 0 Å². The fraction of sp³-hybridized carbons (Fsp3) is 0.273. The average Bonchev–Trinajstić information content (AvgIpc) is 3.29. The Kier molecular flexibility index (Phi) is 5.06. The lowest BCUT2D eigenvalue weighted by Gasteiger charge is -2.30. The second-order valence-electron chi connectivity index (χ2n) is 7.47. The second kappa shape index (κ2) is 8.01. The van der Waals surface area contributed by atoms with Crippen LogP contribution in [0.3, 0.4) is 0 Å². The molecule has 0 aliphatic carbocycles. The molecule has 2 aliphatic heterocycles. The summed E-state index contributed by atoms with van der Waals surface area (Å²) in [5, 5.41) is 11.0. The third-order valence-electron chi connectivity index (χ3n) is 5.46. The Morgan fingerprint density at radius 2 is 1.90 bits per heavy atom. The van der Waals surface area contributed by atoms with Crippen molar-refractivity contribution in [1.82, 2.24) is 10.2 Å². The van der Waals surface area contributed by atoms with Gasteiger partial charge in [0.2, 0.25) is 0 Å². The number of fused-ring (bicyclic) bond motifs is 1. The molecule has 0 amide bonds. The minimum atomic E-state index is 0.646. The van der Waals surface area contributed by atoms with Crippen LogP contribution in [0.25, 0.3) is 11.1 Å². The predicted molar refractivity (Wildman–Crippen MR) is 122 cm³/mol. The quantitative estimate of drug-likeness (QED) is 0.663. The maximum Gasteiger partial charge on any atom is 0.126 e. The highest BCUT2D eigenvalue weighted by molar-refractivity contribution is 6.37. The molecule has 0 atom stereocenters. The van der Waals surface area contributed by atoms with Gasteiger partial charge in [0.25, 0.3) is 0 Å². The van der Waals surface area contributed by atoms with Crippen LogP contribution in [0.15, 0.2) is 53.8 Å². The molecule has 0 unspecified atom stereocenters. The van der Waals surface area contributed by atoms with Gasteiger partial charge in [-0.1, -0.05) is 17.7 Å². The molecule has 0 spiro atoms. The Morgan fingerprint density at radius 1 is 1.10 bits per heavy atom. The predicted octanol–water partition coefficient (Wildman–Crippen LogP) is 4.16. The fourth-order valence-corrected chi connectivity index (χ4v) is 4.34. The Balaban J connectivity index is 1.37. The van der Waals surface area contributed by atoms with Crippen LogP contribution in [0.1, 0.15) is 0 Å². The molecule has 8 heteroatoms. The Morgan fingerprint density at radius 3 is 2.63 bits per heavy atom. The topological polar surface area (TPSA) is 68.8 Å². The van der Waals surface area contributed by atoms with E-state index in [0.29, 0.717) is 11.6 Å². The molecule has 3 heterocycles. The van der Waals surface area contributed by atoms with E-state index in [1.165, 1.54) is 5.69 Å². The molecule has 0 radical (unpaired) electrons. The Hall–Kier alpha value is -3.03. The molecule has 30 heavy (non-hydrogen) atoms. The first-order valence-corrected chi connectivity index (χ1v) is 10.4. The van der Waals surface area contributed by atoms with Gasteiger partial charge in [-0.25, -0.2) is 4.99 Å². The van der Waals surface area contributed by atoms with Crippen LogP contribution < -0.4 is 15.1 Å². The highest BCUT2D eigenvalue weighted by Crippen LogP contribution is 2.43. The minimum absolute atomic E-state index is 0.646. The molecule has 1 fully saturated rings. The van der Waals surface area contributed by atoms with Crippen LogP contribution in [0.5, 0.6) is 0 Å². The number of benzene rings is 2. The zero-order valence-corrected chi connectivity index (χ0v) is 17.5. The summed E-state index contributed by atoms with van der Waals surface area (Å²) < 4.78 is 5.43. The number of morpholine rings is 1. The van der Waals surface area contributed by atoms with Crippen molar-refractivity contribution in [3.63, 3.8) is 0 Å². The highest BCUT2D eigenvalue weighted by atomic mass is 35.5. The van der Waals surface area contributed by atoms with Crippen LogP contribution in [-0.2, 0) is 4.74 Å². The van der Waals surface area contributed by atoms with Crippen molar-refractivity contribution in [3.05, 3.63) is 53.8 Å². The summed E-state index contributed by atoms with van der Waals surface area (Å²) >= 11 is 6.73. The lowest BCUT2D eigenvalue weighted by molar-refractivity contribution is 0.122. The normalized spacial score (nSPS) is 16.3. The van der Waals surface area contributed by atoms with Crippen molar-refractivity contribution < 1.29 is 4.74 Å². The molecular formula is C22H23ClN6O. The van der Waals surface area contributed by atoms with Gasteiger partial charge in [-0.3, -0.25) is 5.10 Å². The van der Waals surface area contributed by atoms with Crippen molar-refractivity contribution in [1.29, 1.82) is 0 Å². The number of nitrogens with one attached hydrogen (secondary N) is 2. The van der Waals surface area contributed by atoms with Gasteiger partial charge in [-0.05, 0) is 30.3 Å². The number of likely N-dealkylation sites (N-methyl/N-ethyl adjacent to an activating group) is 1. The maximum atomic E-state index is 6.73. The number of hydrogen-bond acceptors (Lipinski definition) is 6. The van der Waals surface area contributed by atoms with E-state index in [1.807, 2.05) is 25.4 Å². The number of nitrogens with zero attached hydrogens (tertiary/aromatic N) is 4. The number of aliphatic imine (C=N–C) groups is 1. The van der Waals surface area contributed by atoms with Gasteiger partial charge in [0.05, 0.1) is 42.4 Å². The molecular weight excluding hydrogens is 400 g/mol. The van der Waals surface area contributed by atoms with Crippen LogP contribution in [0.2, 0.25) is 5.02 Å². The molecule has 5 rings (SSSR count). The minimum Gasteiger partial charge on any atom is -0.378 e. The van der Waals surface area contributed by atoms with E-state index in [-0.39, 0.29) is 0 Å². The van der Waals surface area contributed by atoms with Gasteiger partial charge in [-0.15, -0.1) is 0 Å². The number of hydrogen-bond donors (Lipinski definition) is 2. The monoisotopic (exact) mass is 422 g/mol. The molecule has 1 aromatic heterocycles. The van der Waals surface area contributed by atoms with Crippen LogP contribution in [-0.4, -0.2) is 55.9 Å². The van der Waals surface area contributed by atoms with Crippen molar-refractivity contribution in [2.24, 2.45) is 4.99 Å². The van der Waals surface area contributed by atoms with Crippen LogP contribution in [0, 0.1) is 0 Å². The van der Waals surface area contributed by atoms with Gasteiger partial charge in [0.1, 0.15) is 5.84 Å². The van der Waals surface area contributed by atoms with Gasteiger partial charge in [0.15, 0.2) is 0 Å². The highest BCUT2D eigenvalue weighted by Gasteiger charge is 2.22. The number of anilines is 3. The van der Waals surface area contributed by atoms with Gasteiger partial charge in [-0.2, -0.15) is 5.10 Å². The lowest BCUT2D eigenvalue weighted by atomic mass is 10.1. The average molecular weight is 423 g/mol. The molecule has 3 aromatic rings. The summed E-state index contributed by atoms with van der Waals surface area (Å²) in [5.41, 5.74) is 5.93. The van der Waals surface area contributed by atoms with Crippen molar-refractivity contribution >= 4 is 40.2 Å². The molecule has 2 N–H and O–H groups in total. The summed E-state index contributed by atoms with van der Waals surface area (Å²) in [5.74, 6) is 0.885. The number of aromatic amines is 1. The number of halogens is 1. The SMILES string of the molecule is CN1CC(Nc2ccc(N3CCOCC3)cc2)=Nc2ccc(-c3cn[nH]c3)c(Cl)c21. The van der Waals surface area contributed by atoms with Crippen molar-refractivity contribution in [3.8, 4) is 11.1 Å². The molecule has 0 saturated carbocycles. The van der Waals surface area contributed by atoms with E-state index in [2.05, 4.69) is 49.6 Å². The fourth-order valence-electron chi connectivity index (χ4n) is 3.92. The maximum absolute atomic E-state index is 6.73. The van der Waals surface area contributed by atoms with Crippen LogP contribution >= 0.6 is 11.6 Å². The first-order chi connectivity index (χ1) is 14.7. The molecule has 1 saturated heterocycles. The largest absolute Gasteiger partial charge is 0.378 e. The third kappa shape index (κ3) is 3.62. The Labute approximate surface area is 180 Å². The van der Waals surface area contributed by atoms with E-state index in [1.54, 1.807) is 6.20 Å². The molecule has 2 aliphatic rings. The number of rotatable bonds is 3. The van der Waals surface area contributed by atoms with Gasteiger partial charge >= 0.3 is 0 Å². The lowest BCUT2D eigenvalue weighted by Crippen LogP contribution is -2.36. The van der Waals surface area contributed by atoms with E-state index < -0.39 is 0 Å². The standard InChI is InChI=1S/C22H23ClN6O/c1-28-14-20(26-16-2-4-17(5-3-16)29-8-10-30-11-9-29)27-19-7-6-18(21(23)22(19)28)15-12-24-25-13-15/h2-7,12-13H,8-11,14H2,1H3,(H,24,25)(H,26,27). The van der Waals surface area contributed by atoms with Gasteiger partial charge in [0, 0.05) is 48.8 Å². The summed E-state index contributed by atoms with van der Waals surface area (Å²) in [4.78, 5) is 9.28. The first kappa shape index (κ1) is 19.0. The zero-order chi connectivity index (χ0) is 20.5. The third-order valence-corrected chi connectivity index (χ3v) is 5.84. The second-order valence-corrected chi connectivity index (χ2v) is 7.85. The van der Waals surface area contributed by atoms with Crippen LogP contribution in [0.4, 0.5) is 22.7 Å². The molecule has 7 nitrogen and oxygen atoms in total. The first-order valence-electron chi connectivity index (χ1n) is 9.99. The molecule has 2 aromatic carbocycles. The molecule has 154 valence electrons. The smallest absolute Gasteiger partial charge is 0.126 e. The summed E-state index contributed by atoms with van der Waals surface area (Å²) in [6, 6.07) is 12.5. The Bertz CT molecular complexity index is 1060. The summed E-state index contributed by atoms with van der Waals surface area (Å²) in [6.07, 6.45) is 3.61. The van der Waals surface area contributed by atoms with Gasteiger partial charge < -0.3 is 19.9 Å². The number of aromatic nitrogens is 2. The van der Waals surface area contributed by atoms with E-state index in [0.717, 1.165) is 60.3 Å². The molecule has 0 bridgehead atoms. The van der Waals surface area contributed by atoms with Crippen molar-refractivity contribution in [2.75, 3.05) is 55.0 Å². The summed E-state index contributed by atoms with van der Waals surface area (Å²) in [6.45, 7) is 4.08.